The molecule has 4 bridgehead atoms. The number of carboxylic acid groups (broad SMARTS) is 1. The number of hydrogen-bond donors (Lipinski definition) is 4. The summed E-state index contributed by atoms with van der Waals surface area (Å²) in [5.74, 6) is 0.840. The average molecular weight is 423 g/mol. The lowest BCUT2D eigenvalue weighted by Gasteiger charge is -2.61. The van der Waals surface area contributed by atoms with Crippen LogP contribution in [0.4, 0.5) is 0 Å². The Kier molecular flexibility index (Phi) is 4.49. The largest absolute Gasteiger partial charge is 0.480 e. The van der Waals surface area contributed by atoms with Gasteiger partial charge >= 0.3 is 5.97 Å². The first kappa shape index (κ1) is 19.5. The van der Waals surface area contributed by atoms with E-state index < -0.39 is 5.97 Å². The van der Waals surface area contributed by atoms with Crippen molar-refractivity contribution in [2.75, 3.05) is 6.54 Å². The number of imidazole rings is 1. The molecule has 2 aromatic rings. The topological polar surface area (TPSA) is 99.4 Å². The highest BCUT2D eigenvalue weighted by Crippen LogP contribution is 2.62. The summed E-state index contributed by atoms with van der Waals surface area (Å²) in [7, 11) is 0. The van der Waals surface area contributed by atoms with Crippen molar-refractivity contribution in [1.82, 2.24) is 20.4 Å². The molecule has 1 aromatic heterocycles. The summed E-state index contributed by atoms with van der Waals surface area (Å²) < 4.78 is 2.23. The Hall–Kier alpha value is -2.22. The van der Waals surface area contributed by atoms with Crippen LogP contribution in [0.25, 0.3) is 11.3 Å². The number of aliphatic hydroxyl groups is 1. The summed E-state index contributed by atoms with van der Waals surface area (Å²) in [6.07, 6.45) is 9.77. The number of aromatic nitrogens is 2. The molecule has 0 spiro atoms. The van der Waals surface area contributed by atoms with Gasteiger partial charge < -0.3 is 14.8 Å². The summed E-state index contributed by atoms with van der Waals surface area (Å²) in [6, 6.07) is 8.95. The molecule has 1 aromatic carbocycles. The van der Waals surface area contributed by atoms with Crippen LogP contribution in [0.15, 0.2) is 36.8 Å². The van der Waals surface area contributed by atoms with E-state index in [2.05, 4.69) is 44.7 Å². The Morgan fingerprint density at radius 3 is 2.77 bits per heavy atom. The third-order valence-corrected chi connectivity index (χ3v) is 8.58. The Morgan fingerprint density at radius 2 is 2.00 bits per heavy atom. The molecule has 0 radical (unpaired) electrons. The molecule has 31 heavy (non-hydrogen) atoms. The average Bonchev–Trinajstić information content (AvgIpc) is 3.32. The van der Waals surface area contributed by atoms with Crippen LogP contribution in [0.3, 0.4) is 0 Å². The van der Waals surface area contributed by atoms with E-state index in [1.165, 1.54) is 24.0 Å². The number of fused-ring (bicyclic) bond motifs is 3. The zero-order valence-electron chi connectivity index (χ0n) is 17.6. The molecule has 4 aliphatic carbocycles. The molecule has 1 aliphatic heterocycles. The van der Waals surface area contributed by atoms with Gasteiger partial charge in [-0.05, 0) is 67.3 Å². The van der Waals surface area contributed by atoms with Gasteiger partial charge in [0, 0.05) is 11.6 Å². The van der Waals surface area contributed by atoms with Crippen molar-refractivity contribution in [3.8, 4) is 11.3 Å². The molecule has 7 nitrogen and oxygen atoms in total. The number of aliphatic hydroxyl groups excluding tert-OH is 1. The van der Waals surface area contributed by atoms with Crippen molar-refractivity contribution in [2.24, 2.45) is 23.2 Å². The molecule has 5 aliphatic rings. The van der Waals surface area contributed by atoms with Gasteiger partial charge in [0.2, 0.25) is 0 Å². The van der Waals surface area contributed by atoms with E-state index in [1.54, 1.807) is 0 Å². The zero-order valence-corrected chi connectivity index (χ0v) is 17.6. The first-order valence-electron chi connectivity index (χ1n) is 11.5. The van der Waals surface area contributed by atoms with Gasteiger partial charge in [0.1, 0.15) is 6.54 Å². The first-order valence-corrected chi connectivity index (χ1v) is 11.5. The standard InChI is InChI=1S/C24H30N4O3/c29-21(7-19-17-3-1-2-4-18(17)20-11-25-13-28(19)20)24-8-14-5-15(9-24)23(16(6-14)10-24)27-26-12-22(30)31/h1-4,11,13-16,19,21,23,26-27,29H,5-10,12H2,(H,30,31). The lowest BCUT2D eigenvalue weighted by molar-refractivity contribution is -0.142. The van der Waals surface area contributed by atoms with Crippen LogP contribution in [0.2, 0.25) is 0 Å². The highest BCUT2D eigenvalue weighted by molar-refractivity contribution is 5.69. The fraction of sp³-hybridized carbons (Fsp3) is 0.583. The van der Waals surface area contributed by atoms with Crippen LogP contribution in [-0.4, -0.2) is 44.4 Å². The smallest absolute Gasteiger partial charge is 0.318 e. The van der Waals surface area contributed by atoms with Crippen molar-refractivity contribution >= 4 is 5.97 Å². The molecule has 0 amide bonds. The van der Waals surface area contributed by atoms with Gasteiger partial charge in [0.25, 0.3) is 0 Å². The number of aliphatic carboxylic acids is 1. The minimum atomic E-state index is -0.848. The normalized spacial score (nSPS) is 35.7. The van der Waals surface area contributed by atoms with Crippen LogP contribution in [-0.2, 0) is 4.79 Å². The van der Waals surface area contributed by atoms with Gasteiger partial charge in [0.05, 0.1) is 30.4 Å². The van der Waals surface area contributed by atoms with E-state index in [4.69, 9.17) is 5.11 Å². The second-order valence-corrected chi connectivity index (χ2v) is 10.3. The molecule has 4 atom stereocenters. The number of nitrogens with zero attached hydrogens (tertiary/aromatic N) is 2. The second-order valence-electron chi connectivity index (χ2n) is 10.3. The van der Waals surface area contributed by atoms with Gasteiger partial charge in [-0.1, -0.05) is 24.3 Å². The predicted octanol–water partition coefficient (Wildman–Crippen LogP) is 2.58. The number of carboxylic acids is 1. The van der Waals surface area contributed by atoms with E-state index in [-0.39, 0.29) is 24.1 Å². The Bertz CT molecular complexity index is 988. The number of carbonyl (C=O) groups is 1. The molecule has 4 N–H and O–H groups in total. The number of benzene rings is 1. The highest BCUT2D eigenvalue weighted by atomic mass is 16.4. The van der Waals surface area contributed by atoms with Gasteiger partial charge in [-0.3, -0.25) is 10.2 Å². The maximum absolute atomic E-state index is 11.7. The van der Waals surface area contributed by atoms with E-state index in [0.717, 1.165) is 31.4 Å². The number of rotatable bonds is 7. The Morgan fingerprint density at radius 1 is 1.23 bits per heavy atom. The number of hydrogen-bond acceptors (Lipinski definition) is 5. The third kappa shape index (κ3) is 3.05. The first-order chi connectivity index (χ1) is 15.0. The fourth-order valence-corrected chi connectivity index (χ4v) is 7.61. The van der Waals surface area contributed by atoms with Crippen LogP contribution in [0.5, 0.6) is 0 Å². The number of hydrazine groups is 1. The van der Waals surface area contributed by atoms with Crippen LogP contribution in [0.1, 0.15) is 50.1 Å². The van der Waals surface area contributed by atoms with Crippen LogP contribution in [0, 0.1) is 23.2 Å². The van der Waals surface area contributed by atoms with Crippen molar-refractivity contribution < 1.29 is 15.0 Å². The maximum atomic E-state index is 11.7. The molecule has 7 heteroatoms. The quantitative estimate of drug-likeness (QED) is 0.512. The molecule has 4 saturated carbocycles. The van der Waals surface area contributed by atoms with Crippen molar-refractivity contribution in [3.63, 3.8) is 0 Å². The minimum Gasteiger partial charge on any atom is -0.480 e. The van der Waals surface area contributed by atoms with Crippen molar-refractivity contribution in [3.05, 3.63) is 42.4 Å². The Labute approximate surface area is 181 Å². The predicted molar refractivity (Wildman–Crippen MR) is 115 cm³/mol. The summed E-state index contributed by atoms with van der Waals surface area (Å²) in [4.78, 5) is 15.2. The van der Waals surface area contributed by atoms with E-state index in [0.29, 0.717) is 23.8 Å². The molecular formula is C24H30N4O3. The van der Waals surface area contributed by atoms with Gasteiger partial charge in [0.15, 0.2) is 0 Å². The summed E-state index contributed by atoms with van der Waals surface area (Å²) in [6.45, 7) is -0.0680. The van der Waals surface area contributed by atoms with E-state index >= 15 is 0 Å². The summed E-state index contributed by atoms with van der Waals surface area (Å²) >= 11 is 0. The van der Waals surface area contributed by atoms with Gasteiger partial charge in [-0.25, -0.2) is 10.4 Å². The second kappa shape index (κ2) is 7.15. The molecule has 4 fully saturated rings. The summed E-state index contributed by atoms with van der Waals surface area (Å²) in [5, 5.41) is 20.6. The third-order valence-electron chi connectivity index (χ3n) is 8.58. The zero-order chi connectivity index (χ0) is 21.2. The molecule has 2 heterocycles. The molecular weight excluding hydrogens is 392 g/mol. The van der Waals surface area contributed by atoms with E-state index in [1.807, 2.05) is 12.5 Å². The lowest BCUT2D eigenvalue weighted by atomic mass is 9.46. The molecule has 164 valence electrons. The van der Waals surface area contributed by atoms with Crippen molar-refractivity contribution in [1.29, 1.82) is 0 Å². The molecule has 0 saturated heterocycles. The van der Waals surface area contributed by atoms with Gasteiger partial charge in [-0.15, -0.1) is 0 Å². The number of nitrogens with one attached hydrogen (secondary N) is 2. The SMILES string of the molecule is O=C(O)CNNC1C2CC3CC1CC(C(O)CC1c4ccccc4-c4cncn41)(C3)C2. The lowest BCUT2D eigenvalue weighted by Crippen LogP contribution is -2.63. The summed E-state index contributed by atoms with van der Waals surface area (Å²) in [5.41, 5.74) is 9.89. The van der Waals surface area contributed by atoms with Crippen LogP contribution < -0.4 is 10.9 Å². The molecule has 4 unspecified atom stereocenters. The van der Waals surface area contributed by atoms with Crippen molar-refractivity contribution in [2.45, 2.75) is 56.7 Å². The van der Waals surface area contributed by atoms with E-state index in [9.17, 15) is 9.90 Å². The highest BCUT2D eigenvalue weighted by Gasteiger charge is 2.58. The maximum Gasteiger partial charge on any atom is 0.318 e. The van der Waals surface area contributed by atoms with Gasteiger partial charge in [-0.2, -0.15) is 0 Å². The fourth-order valence-electron chi connectivity index (χ4n) is 7.61. The van der Waals surface area contributed by atoms with Crippen LogP contribution >= 0.6 is 0 Å². The monoisotopic (exact) mass is 422 g/mol. The Balaban J connectivity index is 1.21. The minimum absolute atomic E-state index is 0.0141. The molecule has 7 rings (SSSR count).